The van der Waals surface area contributed by atoms with E-state index in [0.29, 0.717) is 18.0 Å². The Kier molecular flexibility index (Phi) is 7.06. The fourth-order valence-electron chi connectivity index (χ4n) is 4.60. The lowest BCUT2D eigenvalue weighted by Crippen LogP contribution is -2.44. The zero-order valence-corrected chi connectivity index (χ0v) is 22.3. The summed E-state index contributed by atoms with van der Waals surface area (Å²) < 4.78 is 7.12. The molecule has 35 heavy (non-hydrogen) atoms. The van der Waals surface area contributed by atoms with Crippen molar-refractivity contribution in [3.8, 4) is 5.75 Å². The standard InChI is InChI=1S/C27H32N2O4S2/c1-14(2)21-20(12-16(5)22-24(21)35-26(28)29-22)34-23-19(31)13-27(15(3)4,33-25(23)32)11-10-17-6-8-18(30)9-7-17/h6-9,12,14-15,30-31H,10-11,13H2,1-5H3,(H2,28,29)/t27-/m0/s1. The second kappa shape index (κ2) is 9.74. The fourth-order valence-corrected chi connectivity index (χ4v) is 6.99. The fraction of sp³-hybridized carbons (Fsp3) is 0.407. The van der Waals surface area contributed by atoms with Gasteiger partial charge in [-0.05, 0) is 66.5 Å². The van der Waals surface area contributed by atoms with E-state index >= 15 is 0 Å². The van der Waals surface area contributed by atoms with Crippen molar-refractivity contribution in [3.63, 3.8) is 0 Å². The Morgan fingerprint density at radius 1 is 1.20 bits per heavy atom. The van der Waals surface area contributed by atoms with Gasteiger partial charge in [-0.15, -0.1) is 0 Å². The molecule has 0 spiro atoms. The summed E-state index contributed by atoms with van der Waals surface area (Å²) in [6.45, 7) is 10.2. The van der Waals surface area contributed by atoms with Gasteiger partial charge in [-0.25, -0.2) is 9.78 Å². The van der Waals surface area contributed by atoms with Crippen molar-refractivity contribution in [2.75, 3.05) is 5.73 Å². The van der Waals surface area contributed by atoms with Crippen LogP contribution in [0.1, 0.15) is 63.1 Å². The molecule has 0 aliphatic carbocycles. The van der Waals surface area contributed by atoms with Gasteiger partial charge in [0.25, 0.3) is 0 Å². The van der Waals surface area contributed by atoms with Gasteiger partial charge >= 0.3 is 5.97 Å². The summed E-state index contributed by atoms with van der Waals surface area (Å²) in [6.07, 6.45) is 1.51. The second-order valence-corrected chi connectivity index (χ2v) is 11.9. The Bertz CT molecular complexity index is 1290. The van der Waals surface area contributed by atoms with E-state index in [1.807, 2.05) is 39.0 Å². The lowest BCUT2D eigenvalue weighted by molar-refractivity contribution is -0.164. The minimum atomic E-state index is -0.796. The van der Waals surface area contributed by atoms with E-state index in [-0.39, 0.29) is 34.7 Å². The van der Waals surface area contributed by atoms with Crippen molar-refractivity contribution in [2.24, 2.45) is 5.92 Å². The number of fused-ring (bicyclic) bond motifs is 1. The molecular weight excluding hydrogens is 480 g/mol. The highest BCUT2D eigenvalue weighted by atomic mass is 32.2. The quantitative estimate of drug-likeness (QED) is 0.297. The molecule has 0 radical (unpaired) electrons. The number of aromatic nitrogens is 1. The van der Waals surface area contributed by atoms with E-state index in [0.717, 1.165) is 31.8 Å². The molecule has 0 amide bonds. The smallest absolute Gasteiger partial charge is 0.349 e. The molecule has 0 unspecified atom stereocenters. The van der Waals surface area contributed by atoms with Gasteiger partial charge in [-0.3, -0.25) is 0 Å². The zero-order valence-electron chi connectivity index (χ0n) is 20.7. The molecule has 0 fully saturated rings. The van der Waals surface area contributed by atoms with Gasteiger partial charge in [0.2, 0.25) is 0 Å². The number of cyclic esters (lactones) is 1. The number of nitrogens with two attached hydrogens (primary N) is 1. The summed E-state index contributed by atoms with van der Waals surface area (Å²) in [5.74, 6) is -0.00430. The Balaban J connectivity index is 1.65. The second-order valence-electron chi connectivity index (χ2n) is 9.82. The van der Waals surface area contributed by atoms with Crippen LogP contribution in [0, 0.1) is 12.8 Å². The van der Waals surface area contributed by atoms with Crippen LogP contribution in [0.2, 0.25) is 0 Å². The summed E-state index contributed by atoms with van der Waals surface area (Å²) in [5.41, 5.74) is 9.19. The number of nitrogens with zero attached hydrogens (tertiary/aromatic N) is 1. The maximum atomic E-state index is 13.3. The molecule has 0 saturated carbocycles. The zero-order chi connectivity index (χ0) is 25.5. The molecule has 6 nitrogen and oxygen atoms in total. The molecule has 186 valence electrons. The molecule has 0 saturated heterocycles. The van der Waals surface area contributed by atoms with Crippen LogP contribution < -0.4 is 5.73 Å². The summed E-state index contributed by atoms with van der Waals surface area (Å²) in [6, 6.07) is 9.05. The third-order valence-electron chi connectivity index (χ3n) is 6.70. The molecule has 4 rings (SSSR count). The van der Waals surface area contributed by atoms with Gasteiger partial charge < -0.3 is 20.7 Å². The maximum absolute atomic E-state index is 13.3. The first-order valence-corrected chi connectivity index (χ1v) is 13.4. The number of benzene rings is 2. The van der Waals surface area contributed by atoms with Crippen LogP contribution >= 0.6 is 23.1 Å². The number of rotatable bonds is 7. The van der Waals surface area contributed by atoms with E-state index in [1.165, 1.54) is 23.1 Å². The lowest BCUT2D eigenvalue weighted by Gasteiger charge is -2.40. The van der Waals surface area contributed by atoms with Crippen molar-refractivity contribution in [3.05, 3.63) is 57.7 Å². The monoisotopic (exact) mass is 512 g/mol. The summed E-state index contributed by atoms with van der Waals surface area (Å²) in [4.78, 5) is 18.9. The average molecular weight is 513 g/mol. The van der Waals surface area contributed by atoms with Crippen molar-refractivity contribution >= 4 is 44.4 Å². The number of hydrogen-bond donors (Lipinski definition) is 3. The number of thioether (sulfide) groups is 1. The number of hydrogen-bond acceptors (Lipinski definition) is 8. The van der Waals surface area contributed by atoms with Gasteiger partial charge in [0, 0.05) is 11.3 Å². The van der Waals surface area contributed by atoms with Gasteiger partial charge in [-0.1, -0.05) is 62.9 Å². The van der Waals surface area contributed by atoms with Crippen molar-refractivity contribution in [1.29, 1.82) is 0 Å². The number of nitrogen functional groups attached to an aromatic ring is 1. The maximum Gasteiger partial charge on any atom is 0.349 e. The number of carbonyl (C=O) groups is 1. The van der Waals surface area contributed by atoms with E-state index in [9.17, 15) is 15.0 Å². The van der Waals surface area contributed by atoms with E-state index in [2.05, 4.69) is 18.8 Å². The van der Waals surface area contributed by atoms with Crippen molar-refractivity contribution in [1.82, 2.24) is 4.98 Å². The van der Waals surface area contributed by atoms with Gasteiger partial charge in [0.15, 0.2) is 5.13 Å². The third-order valence-corrected chi connectivity index (χ3v) is 8.78. The lowest BCUT2D eigenvalue weighted by atomic mass is 9.80. The first-order chi connectivity index (χ1) is 16.5. The Morgan fingerprint density at radius 3 is 2.49 bits per heavy atom. The van der Waals surface area contributed by atoms with Crippen LogP contribution in [0.15, 0.2) is 45.9 Å². The third kappa shape index (κ3) is 5.00. The summed E-state index contributed by atoms with van der Waals surface area (Å²) >= 11 is 2.72. The SMILES string of the molecule is Cc1cc(SC2=C(O)C[C@@](CCc3ccc(O)cc3)(C(C)C)OC2=O)c(C(C)C)c2sc(N)nc12. The normalized spacial score (nSPS) is 18.7. The molecule has 1 atom stereocenters. The number of aliphatic hydroxyl groups excluding tert-OH is 1. The highest BCUT2D eigenvalue weighted by Gasteiger charge is 2.44. The first kappa shape index (κ1) is 25.4. The highest BCUT2D eigenvalue weighted by molar-refractivity contribution is 8.04. The van der Waals surface area contributed by atoms with Crippen molar-refractivity contribution < 1.29 is 19.7 Å². The molecule has 8 heteroatoms. The number of carbonyl (C=O) groups excluding carboxylic acids is 1. The molecule has 2 heterocycles. The predicted octanol–water partition coefficient (Wildman–Crippen LogP) is 6.85. The number of anilines is 1. The number of thiazole rings is 1. The van der Waals surface area contributed by atoms with Crippen LogP contribution in [0.3, 0.4) is 0 Å². The number of esters is 1. The van der Waals surface area contributed by atoms with Crippen LogP contribution in [-0.2, 0) is 16.0 Å². The van der Waals surface area contributed by atoms with Crippen LogP contribution in [0.25, 0.3) is 10.2 Å². The summed E-state index contributed by atoms with van der Waals surface area (Å²) in [5, 5.41) is 21.2. The largest absolute Gasteiger partial charge is 0.511 e. The highest BCUT2D eigenvalue weighted by Crippen LogP contribution is 2.47. The van der Waals surface area contributed by atoms with Crippen LogP contribution in [0.5, 0.6) is 5.75 Å². The number of aryl methyl sites for hydroxylation is 2. The molecule has 1 aliphatic rings. The van der Waals surface area contributed by atoms with Gasteiger partial charge in [-0.2, -0.15) is 0 Å². The molecular formula is C27H32N2O4S2. The molecule has 1 aliphatic heterocycles. The summed E-state index contributed by atoms with van der Waals surface area (Å²) in [7, 11) is 0. The minimum Gasteiger partial charge on any atom is -0.511 e. The number of aromatic hydroxyl groups is 1. The van der Waals surface area contributed by atoms with E-state index in [4.69, 9.17) is 10.5 Å². The average Bonchev–Trinajstić information content (AvgIpc) is 3.17. The predicted molar refractivity (Wildman–Crippen MR) is 143 cm³/mol. The van der Waals surface area contributed by atoms with Crippen LogP contribution in [-0.4, -0.2) is 26.8 Å². The molecule has 2 aromatic carbocycles. The first-order valence-electron chi connectivity index (χ1n) is 11.8. The molecule has 4 N–H and O–H groups in total. The number of ether oxygens (including phenoxy) is 1. The number of aliphatic hydroxyl groups is 1. The van der Waals surface area contributed by atoms with Gasteiger partial charge in [0.1, 0.15) is 22.0 Å². The Hall–Kier alpha value is -2.71. The van der Waals surface area contributed by atoms with Crippen LogP contribution in [0.4, 0.5) is 5.13 Å². The number of phenols is 1. The molecule has 3 aromatic rings. The Labute approximate surface area is 214 Å². The number of phenolic OH excluding ortho intramolecular Hbond substituents is 1. The van der Waals surface area contributed by atoms with Crippen molar-refractivity contribution in [2.45, 2.75) is 70.3 Å². The minimum absolute atomic E-state index is 0.0160. The van der Waals surface area contributed by atoms with E-state index in [1.54, 1.807) is 12.1 Å². The van der Waals surface area contributed by atoms with Gasteiger partial charge in [0.05, 0.1) is 10.2 Å². The van der Waals surface area contributed by atoms with E-state index < -0.39 is 11.6 Å². The molecule has 1 aromatic heterocycles. The Morgan fingerprint density at radius 2 is 1.89 bits per heavy atom. The molecule has 0 bridgehead atoms. The topological polar surface area (TPSA) is 106 Å².